The van der Waals surface area contributed by atoms with Gasteiger partial charge in [0, 0.05) is 24.7 Å². The Morgan fingerprint density at radius 3 is 2.50 bits per heavy atom. The van der Waals surface area contributed by atoms with Crippen LogP contribution in [-0.2, 0) is 14.8 Å². The third kappa shape index (κ3) is 4.60. The van der Waals surface area contributed by atoms with E-state index in [0.717, 1.165) is 6.26 Å². The zero-order chi connectivity index (χ0) is 20.3. The lowest BCUT2D eigenvalue weighted by Crippen LogP contribution is -2.43. The van der Waals surface area contributed by atoms with Gasteiger partial charge in [0.2, 0.25) is 21.8 Å². The molecule has 3 rings (SSSR count). The molecule has 1 N–H and O–H groups in total. The van der Waals surface area contributed by atoms with Gasteiger partial charge in [-0.3, -0.25) is 10.1 Å². The average Bonchev–Trinajstić information content (AvgIpc) is 3.15. The van der Waals surface area contributed by atoms with Crippen LogP contribution < -0.4 is 14.8 Å². The van der Waals surface area contributed by atoms with Gasteiger partial charge in [-0.1, -0.05) is 5.10 Å². The van der Waals surface area contributed by atoms with Crippen LogP contribution >= 0.6 is 0 Å². The second-order valence-corrected chi connectivity index (χ2v) is 8.45. The molecule has 0 aliphatic carbocycles. The van der Waals surface area contributed by atoms with Gasteiger partial charge in [-0.15, -0.1) is 5.10 Å². The number of piperidine rings is 1. The first kappa shape index (κ1) is 20.1. The third-order valence-corrected chi connectivity index (χ3v) is 5.75. The molecular weight excluding hydrogens is 388 g/mol. The Hall–Kier alpha value is -2.66. The summed E-state index contributed by atoms with van der Waals surface area (Å²) in [7, 11) is -0.273. The van der Waals surface area contributed by atoms with Crippen LogP contribution in [-0.4, -0.2) is 62.4 Å². The molecule has 2 heterocycles. The van der Waals surface area contributed by atoms with E-state index in [4.69, 9.17) is 13.9 Å². The smallest absolute Gasteiger partial charge is 0.322 e. The first-order valence-corrected chi connectivity index (χ1v) is 10.5. The predicted octanol–water partition coefficient (Wildman–Crippen LogP) is 1.36. The topological polar surface area (TPSA) is 124 Å². The summed E-state index contributed by atoms with van der Waals surface area (Å²) in [5.74, 6) is 0.471. The number of methoxy groups -OCH3 is 2. The van der Waals surface area contributed by atoms with Gasteiger partial charge in [0.1, 0.15) is 11.5 Å². The van der Waals surface area contributed by atoms with Crippen molar-refractivity contribution in [3.05, 3.63) is 18.2 Å². The van der Waals surface area contributed by atoms with Gasteiger partial charge in [-0.25, -0.2) is 12.7 Å². The van der Waals surface area contributed by atoms with Crippen molar-refractivity contribution in [2.45, 2.75) is 12.8 Å². The Balaban J connectivity index is 1.72. The number of ether oxygens (including phenoxy) is 2. The van der Waals surface area contributed by atoms with Crippen LogP contribution in [0.25, 0.3) is 11.5 Å². The molecule has 1 aromatic carbocycles. The zero-order valence-corrected chi connectivity index (χ0v) is 16.7. The Morgan fingerprint density at radius 1 is 1.21 bits per heavy atom. The summed E-state index contributed by atoms with van der Waals surface area (Å²) in [5, 5.41) is 10.4. The highest BCUT2D eigenvalue weighted by Gasteiger charge is 2.31. The number of rotatable bonds is 6. The van der Waals surface area contributed by atoms with E-state index < -0.39 is 15.9 Å². The van der Waals surface area contributed by atoms with Crippen molar-refractivity contribution in [2.75, 3.05) is 38.9 Å². The maximum Gasteiger partial charge on any atom is 0.322 e. The molecule has 1 aliphatic heterocycles. The fraction of sp³-hybridized carbons (Fsp3) is 0.471. The van der Waals surface area contributed by atoms with Crippen molar-refractivity contribution in [1.82, 2.24) is 14.5 Å². The van der Waals surface area contributed by atoms with Crippen molar-refractivity contribution < 1.29 is 27.1 Å². The second kappa shape index (κ2) is 8.15. The molecule has 0 bridgehead atoms. The molecule has 11 heteroatoms. The number of nitrogens with one attached hydrogen (secondary N) is 1. The zero-order valence-electron chi connectivity index (χ0n) is 15.8. The van der Waals surface area contributed by atoms with E-state index in [0.29, 0.717) is 36.4 Å². The molecule has 152 valence electrons. The van der Waals surface area contributed by atoms with Gasteiger partial charge in [0.05, 0.1) is 26.4 Å². The number of aromatic nitrogens is 2. The molecular formula is C17H22N4O6S. The van der Waals surface area contributed by atoms with Crippen LogP contribution in [0.2, 0.25) is 0 Å². The summed E-state index contributed by atoms with van der Waals surface area (Å²) >= 11 is 0. The lowest BCUT2D eigenvalue weighted by Gasteiger charge is -2.29. The monoisotopic (exact) mass is 410 g/mol. The normalized spacial score (nSPS) is 17.9. The summed E-state index contributed by atoms with van der Waals surface area (Å²) in [6.07, 6.45) is 2.34. The fourth-order valence-corrected chi connectivity index (χ4v) is 3.90. The second-order valence-electron chi connectivity index (χ2n) is 6.46. The van der Waals surface area contributed by atoms with E-state index in [9.17, 15) is 13.2 Å². The van der Waals surface area contributed by atoms with Crippen molar-refractivity contribution in [2.24, 2.45) is 5.92 Å². The summed E-state index contributed by atoms with van der Waals surface area (Å²) in [4.78, 5) is 12.5. The maximum absolute atomic E-state index is 12.5. The average molecular weight is 410 g/mol. The highest BCUT2D eigenvalue weighted by molar-refractivity contribution is 7.88. The number of carbonyl (C=O) groups excluding carboxylic acids is 1. The van der Waals surface area contributed by atoms with Gasteiger partial charge < -0.3 is 13.9 Å². The lowest BCUT2D eigenvalue weighted by atomic mass is 9.99. The number of carbonyl (C=O) groups is 1. The molecule has 0 saturated carbocycles. The summed E-state index contributed by atoms with van der Waals surface area (Å²) in [6, 6.07) is 5.05. The lowest BCUT2D eigenvalue weighted by molar-refractivity contribution is -0.121. The number of nitrogens with zero attached hydrogens (tertiary/aromatic N) is 3. The third-order valence-electron chi connectivity index (χ3n) is 4.48. The van der Waals surface area contributed by atoms with E-state index in [-0.39, 0.29) is 24.4 Å². The Bertz CT molecular complexity index is 936. The van der Waals surface area contributed by atoms with E-state index in [1.807, 2.05) is 0 Å². The molecule has 1 unspecified atom stereocenters. The van der Waals surface area contributed by atoms with Gasteiger partial charge in [0.25, 0.3) is 0 Å². The summed E-state index contributed by atoms with van der Waals surface area (Å²) < 4.78 is 40.7. The van der Waals surface area contributed by atoms with Gasteiger partial charge in [-0.05, 0) is 25.0 Å². The quantitative estimate of drug-likeness (QED) is 0.757. The number of anilines is 1. The first-order valence-electron chi connectivity index (χ1n) is 8.63. The molecule has 28 heavy (non-hydrogen) atoms. The van der Waals surface area contributed by atoms with E-state index in [2.05, 4.69) is 15.5 Å². The van der Waals surface area contributed by atoms with Gasteiger partial charge >= 0.3 is 6.01 Å². The summed E-state index contributed by atoms with van der Waals surface area (Å²) in [6.45, 7) is 0.559. The molecule has 1 fully saturated rings. The highest BCUT2D eigenvalue weighted by Crippen LogP contribution is 2.30. The number of hydrogen-bond acceptors (Lipinski definition) is 8. The highest BCUT2D eigenvalue weighted by atomic mass is 32.2. The molecule has 2 aromatic rings. The first-order chi connectivity index (χ1) is 13.3. The minimum Gasteiger partial charge on any atom is -0.497 e. The van der Waals surface area contributed by atoms with Crippen LogP contribution in [0.3, 0.4) is 0 Å². The molecule has 10 nitrogen and oxygen atoms in total. The molecule has 1 aliphatic rings. The van der Waals surface area contributed by atoms with E-state index >= 15 is 0 Å². The molecule has 1 aromatic heterocycles. The minimum atomic E-state index is -3.33. The summed E-state index contributed by atoms with van der Waals surface area (Å²) in [5.41, 5.74) is 0.574. The largest absolute Gasteiger partial charge is 0.497 e. The number of benzene rings is 1. The number of amides is 1. The molecule has 1 atom stereocenters. The van der Waals surface area contributed by atoms with E-state index in [1.54, 1.807) is 18.2 Å². The fourth-order valence-electron chi connectivity index (χ4n) is 2.99. The number of sulfonamides is 1. The van der Waals surface area contributed by atoms with Crippen molar-refractivity contribution in [1.29, 1.82) is 0 Å². The molecule has 0 radical (unpaired) electrons. The van der Waals surface area contributed by atoms with Gasteiger partial charge in [-0.2, -0.15) is 0 Å². The van der Waals surface area contributed by atoms with Crippen molar-refractivity contribution in [3.8, 4) is 23.0 Å². The van der Waals surface area contributed by atoms with Crippen LogP contribution in [0.15, 0.2) is 22.6 Å². The van der Waals surface area contributed by atoms with Gasteiger partial charge in [0.15, 0.2) is 0 Å². The van der Waals surface area contributed by atoms with Crippen molar-refractivity contribution >= 4 is 21.9 Å². The molecule has 1 amide bonds. The van der Waals surface area contributed by atoms with Crippen LogP contribution in [0.1, 0.15) is 12.8 Å². The predicted molar refractivity (Wildman–Crippen MR) is 101 cm³/mol. The molecule has 1 saturated heterocycles. The standard InChI is InChI=1S/C17H22N4O6S/c1-25-13-7-12(8-14(9-13)26-2)16-19-20-17(27-16)18-15(22)11-5-4-6-21(10-11)28(3,23)24/h7-9,11H,4-6,10H2,1-3H3,(H,18,20,22). The molecule has 0 spiro atoms. The van der Waals surface area contributed by atoms with Crippen LogP contribution in [0.5, 0.6) is 11.5 Å². The van der Waals surface area contributed by atoms with Crippen molar-refractivity contribution in [3.63, 3.8) is 0 Å². The Morgan fingerprint density at radius 2 is 1.89 bits per heavy atom. The SMILES string of the molecule is COc1cc(OC)cc(-c2nnc(NC(=O)C3CCCN(S(C)(=O)=O)C3)o2)c1. The number of hydrogen-bond donors (Lipinski definition) is 1. The van der Waals surface area contributed by atoms with Crippen LogP contribution in [0, 0.1) is 5.92 Å². The minimum absolute atomic E-state index is 0.0572. The Labute approximate surface area is 162 Å². The van der Waals surface area contributed by atoms with E-state index in [1.165, 1.54) is 18.5 Å². The Kier molecular flexibility index (Phi) is 5.84. The van der Waals surface area contributed by atoms with Crippen LogP contribution in [0.4, 0.5) is 6.01 Å². The maximum atomic E-state index is 12.5.